The van der Waals surface area contributed by atoms with E-state index in [2.05, 4.69) is 81.4 Å². The number of phenols is 2. The fourth-order valence-electron chi connectivity index (χ4n) is 5.74. The smallest absolute Gasteiger partial charge is 0.119 e. The molecule has 0 amide bonds. The van der Waals surface area contributed by atoms with E-state index >= 15 is 0 Å². The lowest BCUT2D eigenvalue weighted by atomic mass is 9.75. The van der Waals surface area contributed by atoms with Crippen molar-refractivity contribution in [2.75, 3.05) is 0 Å². The van der Waals surface area contributed by atoms with Crippen LogP contribution in [0.1, 0.15) is 117 Å². The molecule has 2 nitrogen and oxygen atoms in total. The predicted molar refractivity (Wildman–Crippen MR) is 151 cm³/mol. The third-order valence-corrected chi connectivity index (χ3v) is 7.24. The summed E-state index contributed by atoms with van der Waals surface area (Å²) in [5.74, 6) is 1.90. The lowest BCUT2D eigenvalue weighted by Crippen LogP contribution is -2.20. The molecule has 2 atom stereocenters. The molecular formula is C33H52O2. The van der Waals surface area contributed by atoms with Gasteiger partial charge in [0.1, 0.15) is 11.5 Å². The lowest BCUT2D eigenvalue weighted by molar-refractivity contribution is 0.296. The van der Waals surface area contributed by atoms with Crippen LogP contribution in [-0.4, -0.2) is 10.2 Å². The maximum Gasteiger partial charge on any atom is 0.119 e. The Morgan fingerprint density at radius 3 is 1.26 bits per heavy atom. The molecule has 0 fully saturated rings. The van der Waals surface area contributed by atoms with E-state index in [1.807, 2.05) is 24.3 Å². The van der Waals surface area contributed by atoms with Crippen LogP contribution in [0.5, 0.6) is 11.5 Å². The molecule has 0 spiro atoms. The van der Waals surface area contributed by atoms with Crippen LogP contribution < -0.4 is 0 Å². The van der Waals surface area contributed by atoms with Crippen LogP contribution in [0.2, 0.25) is 0 Å². The van der Waals surface area contributed by atoms with E-state index in [-0.39, 0.29) is 0 Å². The van der Waals surface area contributed by atoms with Crippen molar-refractivity contribution < 1.29 is 10.2 Å². The van der Waals surface area contributed by atoms with E-state index in [1.165, 1.54) is 24.0 Å². The van der Waals surface area contributed by atoms with Gasteiger partial charge >= 0.3 is 0 Å². The van der Waals surface area contributed by atoms with Crippen LogP contribution in [0, 0.1) is 22.7 Å². The van der Waals surface area contributed by atoms with Crippen molar-refractivity contribution in [3.8, 4) is 11.5 Å². The summed E-state index contributed by atoms with van der Waals surface area (Å²) in [6.07, 6.45) is 6.68. The number of benzene rings is 2. The molecule has 0 bridgehead atoms. The first-order valence-corrected chi connectivity index (χ1v) is 13.6. The molecule has 2 rings (SSSR count). The van der Waals surface area contributed by atoms with Gasteiger partial charge in [-0.1, -0.05) is 93.5 Å². The van der Waals surface area contributed by atoms with Gasteiger partial charge in [0.2, 0.25) is 0 Å². The molecule has 0 aromatic heterocycles. The highest BCUT2D eigenvalue weighted by molar-refractivity contribution is 5.52. The molecular weight excluding hydrogens is 428 g/mol. The van der Waals surface area contributed by atoms with Crippen molar-refractivity contribution in [1.29, 1.82) is 0 Å². The zero-order valence-corrected chi connectivity index (χ0v) is 24.3. The van der Waals surface area contributed by atoms with E-state index in [9.17, 15) is 10.2 Å². The standard InChI is InChI=1S/C33H52O2/c1-23(21-31(3,4)5)11-13-25-15-17-29(34)27(19-25)33(9,10)28-20-26(16-18-30(28)35)14-12-24(2)22-32(6,7)8/h15-20,23-24,34-35H,11-14,21-22H2,1-10H3/t23-,24-/m0/s1. The van der Waals surface area contributed by atoms with Crippen LogP contribution in [0.25, 0.3) is 0 Å². The third-order valence-electron chi connectivity index (χ3n) is 7.24. The summed E-state index contributed by atoms with van der Waals surface area (Å²) >= 11 is 0. The summed E-state index contributed by atoms with van der Waals surface area (Å²) in [5.41, 5.74) is 4.44. The number of phenolic OH excluding ortho intramolecular Hbond substituents is 2. The molecule has 2 aromatic rings. The van der Waals surface area contributed by atoms with Gasteiger partial charge in [-0.05, 0) is 84.5 Å². The Hall–Kier alpha value is -1.96. The van der Waals surface area contributed by atoms with Crippen LogP contribution in [0.3, 0.4) is 0 Å². The van der Waals surface area contributed by atoms with Gasteiger partial charge in [0.15, 0.2) is 0 Å². The number of hydrogen-bond donors (Lipinski definition) is 2. The highest BCUT2D eigenvalue weighted by Gasteiger charge is 2.30. The zero-order valence-electron chi connectivity index (χ0n) is 24.3. The van der Waals surface area contributed by atoms with Crippen molar-refractivity contribution in [1.82, 2.24) is 0 Å². The van der Waals surface area contributed by atoms with E-state index in [4.69, 9.17) is 0 Å². The number of hydrogen-bond acceptors (Lipinski definition) is 2. The first-order chi connectivity index (χ1) is 16.0. The van der Waals surface area contributed by atoms with Gasteiger partial charge in [-0.2, -0.15) is 0 Å². The van der Waals surface area contributed by atoms with E-state index in [0.717, 1.165) is 36.8 Å². The molecule has 35 heavy (non-hydrogen) atoms. The van der Waals surface area contributed by atoms with Gasteiger partial charge in [-0.25, -0.2) is 0 Å². The molecule has 2 aromatic carbocycles. The van der Waals surface area contributed by atoms with Gasteiger partial charge in [0.25, 0.3) is 0 Å². The Morgan fingerprint density at radius 1 is 0.600 bits per heavy atom. The van der Waals surface area contributed by atoms with Crippen molar-refractivity contribution in [2.24, 2.45) is 22.7 Å². The predicted octanol–water partition coefficient (Wildman–Crippen LogP) is 9.43. The maximum atomic E-state index is 10.8. The van der Waals surface area contributed by atoms with Crippen molar-refractivity contribution in [2.45, 2.75) is 113 Å². The largest absolute Gasteiger partial charge is 0.508 e. The van der Waals surface area contributed by atoms with Crippen LogP contribution in [0.15, 0.2) is 36.4 Å². The average Bonchev–Trinajstić information content (AvgIpc) is 2.69. The van der Waals surface area contributed by atoms with Gasteiger partial charge in [0.05, 0.1) is 0 Å². The minimum atomic E-state index is -0.506. The fraction of sp³-hybridized carbons (Fsp3) is 0.636. The Kier molecular flexibility index (Phi) is 9.53. The average molecular weight is 481 g/mol. The van der Waals surface area contributed by atoms with Crippen LogP contribution >= 0.6 is 0 Å². The van der Waals surface area contributed by atoms with Crippen molar-refractivity contribution >= 4 is 0 Å². The SMILES string of the molecule is C[C@@H](CCc1ccc(O)c(C(C)(C)c2cc(CC[C@H](C)CC(C)(C)C)ccc2O)c1)CC(C)(C)C. The molecule has 0 aliphatic rings. The Labute approximate surface area is 216 Å². The second-order valence-corrected chi connectivity index (χ2v) is 14.1. The lowest BCUT2D eigenvalue weighted by Gasteiger charge is -2.29. The van der Waals surface area contributed by atoms with E-state index < -0.39 is 5.41 Å². The molecule has 0 unspecified atom stereocenters. The summed E-state index contributed by atoms with van der Waals surface area (Å²) < 4.78 is 0. The number of aryl methyl sites for hydroxylation is 2. The molecule has 0 radical (unpaired) electrons. The van der Waals surface area contributed by atoms with Gasteiger partial charge < -0.3 is 10.2 Å². The molecule has 0 aliphatic heterocycles. The van der Waals surface area contributed by atoms with Crippen molar-refractivity contribution in [3.63, 3.8) is 0 Å². The Bertz CT molecular complexity index is 879. The monoisotopic (exact) mass is 480 g/mol. The number of rotatable bonds is 10. The summed E-state index contributed by atoms with van der Waals surface area (Å²) in [4.78, 5) is 0. The summed E-state index contributed by atoms with van der Waals surface area (Å²) in [7, 11) is 0. The number of aromatic hydroxyl groups is 2. The molecule has 2 heteroatoms. The molecule has 0 saturated heterocycles. The van der Waals surface area contributed by atoms with Gasteiger partial charge in [-0.15, -0.1) is 0 Å². The van der Waals surface area contributed by atoms with Gasteiger partial charge in [-0.3, -0.25) is 0 Å². The van der Waals surface area contributed by atoms with Crippen LogP contribution in [-0.2, 0) is 18.3 Å². The topological polar surface area (TPSA) is 40.5 Å². The summed E-state index contributed by atoms with van der Waals surface area (Å²) in [6, 6.07) is 12.1. The highest BCUT2D eigenvalue weighted by atomic mass is 16.3. The first kappa shape index (κ1) is 29.3. The molecule has 0 saturated carbocycles. The molecule has 0 aliphatic carbocycles. The van der Waals surface area contributed by atoms with E-state index in [0.29, 0.717) is 34.2 Å². The Balaban J connectivity index is 2.23. The minimum absolute atomic E-state index is 0.296. The first-order valence-electron chi connectivity index (χ1n) is 13.6. The molecule has 2 N–H and O–H groups in total. The van der Waals surface area contributed by atoms with Crippen LogP contribution in [0.4, 0.5) is 0 Å². The second kappa shape index (κ2) is 11.4. The summed E-state index contributed by atoms with van der Waals surface area (Å²) in [5, 5.41) is 21.6. The molecule has 196 valence electrons. The summed E-state index contributed by atoms with van der Waals surface area (Å²) in [6.45, 7) is 22.7. The fourth-order valence-corrected chi connectivity index (χ4v) is 5.74. The minimum Gasteiger partial charge on any atom is -0.508 e. The van der Waals surface area contributed by atoms with Gasteiger partial charge in [0, 0.05) is 16.5 Å². The molecule has 0 heterocycles. The quantitative estimate of drug-likeness (QED) is 0.355. The third kappa shape index (κ3) is 9.21. The van der Waals surface area contributed by atoms with E-state index in [1.54, 1.807) is 0 Å². The maximum absolute atomic E-state index is 10.8. The second-order valence-electron chi connectivity index (χ2n) is 14.1. The van der Waals surface area contributed by atoms with Crippen molar-refractivity contribution in [3.05, 3.63) is 58.7 Å². The highest BCUT2D eigenvalue weighted by Crippen LogP contribution is 2.42. The zero-order chi connectivity index (χ0) is 26.6. The Morgan fingerprint density at radius 2 is 0.943 bits per heavy atom. The normalized spacial score (nSPS) is 14.7.